The molecule has 12 heteroatoms. The van der Waals surface area contributed by atoms with Crippen LogP contribution in [-0.2, 0) is 14.9 Å². The lowest BCUT2D eigenvalue weighted by Crippen LogP contribution is -2.55. The Kier molecular flexibility index (Phi) is 13.5. The van der Waals surface area contributed by atoms with Crippen LogP contribution in [0.4, 0.5) is 4.79 Å². The molecule has 2 heterocycles. The Labute approximate surface area is 311 Å². The third-order valence-corrected chi connectivity index (χ3v) is 9.56. The third kappa shape index (κ3) is 9.21. The minimum atomic E-state index is -0.756. The van der Waals surface area contributed by atoms with E-state index in [0.717, 1.165) is 16.7 Å². The highest BCUT2D eigenvalue weighted by molar-refractivity contribution is 6.30. The average molecular weight is 736 g/mol. The molecular weight excluding hydrogens is 687 g/mol. The van der Waals surface area contributed by atoms with Crippen molar-refractivity contribution < 1.29 is 19.1 Å². The summed E-state index contributed by atoms with van der Waals surface area (Å²) >= 11 is 12.6. The first-order chi connectivity index (χ1) is 23.9. The Bertz CT molecular complexity index is 1730. The number of amidine groups is 1. The molecule has 2 aliphatic rings. The van der Waals surface area contributed by atoms with Crippen LogP contribution < -0.4 is 10.1 Å². The number of nitrogens with one attached hydrogen (secondary N) is 1. The average Bonchev–Trinajstić information content (AvgIpc) is 3.49. The van der Waals surface area contributed by atoms with Gasteiger partial charge in [0.1, 0.15) is 17.6 Å². The summed E-state index contributed by atoms with van der Waals surface area (Å²) in [6.07, 6.45) is 0. The van der Waals surface area contributed by atoms with Gasteiger partial charge >= 0.3 is 6.03 Å². The van der Waals surface area contributed by atoms with E-state index in [4.69, 9.17) is 37.7 Å². The van der Waals surface area contributed by atoms with Crippen molar-refractivity contribution in [2.45, 2.75) is 58.7 Å². The number of piperazine rings is 1. The van der Waals surface area contributed by atoms with Crippen molar-refractivity contribution in [2.24, 2.45) is 4.99 Å². The number of rotatable bonds is 11. The molecule has 0 radical (unpaired) electrons. The van der Waals surface area contributed by atoms with Gasteiger partial charge in [0.25, 0.3) is 0 Å². The Morgan fingerprint density at radius 2 is 1.61 bits per heavy atom. The van der Waals surface area contributed by atoms with Crippen molar-refractivity contribution in [3.8, 4) is 11.8 Å². The summed E-state index contributed by atoms with van der Waals surface area (Å²) in [6.45, 7) is 10.5. The van der Waals surface area contributed by atoms with Gasteiger partial charge in [-0.15, -0.1) is 0 Å². The summed E-state index contributed by atoms with van der Waals surface area (Å²) in [7, 11) is 1.60. The number of carbonyl (C=O) groups excluding carboxylic acids is 2. The lowest BCUT2D eigenvalue weighted by atomic mass is 9.85. The molecule has 3 atom stereocenters. The van der Waals surface area contributed by atoms with Crippen LogP contribution in [0.5, 0.6) is 5.75 Å². The SMILES string of the molecule is C.CCOc1cc(C(C)(C)C#N)ccc1C1=N[C@@H](c2ccc(Cl)cc2)[C@@H](c2ccc(Cl)cc2)N1C(=O)N1CCN(CC(=O)NC(C)COC)CC1. The van der Waals surface area contributed by atoms with Gasteiger partial charge in [-0.05, 0) is 80.8 Å². The van der Waals surface area contributed by atoms with E-state index < -0.39 is 17.5 Å². The smallest absolute Gasteiger partial charge is 0.326 e. The Morgan fingerprint density at radius 1 is 1.00 bits per heavy atom. The summed E-state index contributed by atoms with van der Waals surface area (Å²) in [5.74, 6) is 0.923. The molecule has 1 N–H and O–H groups in total. The van der Waals surface area contributed by atoms with Crippen LogP contribution in [0.2, 0.25) is 10.0 Å². The number of methoxy groups -OCH3 is 1. The Hall–Kier alpha value is -4.14. The van der Waals surface area contributed by atoms with Crippen LogP contribution in [0, 0.1) is 11.3 Å². The summed E-state index contributed by atoms with van der Waals surface area (Å²) in [6, 6.07) is 21.7. The highest BCUT2D eigenvalue weighted by Crippen LogP contribution is 2.46. The molecule has 272 valence electrons. The maximum atomic E-state index is 14.9. The maximum absolute atomic E-state index is 14.9. The number of halogens is 2. The van der Waals surface area contributed by atoms with Crippen LogP contribution >= 0.6 is 23.2 Å². The minimum Gasteiger partial charge on any atom is -0.493 e. The Balaban J connectivity index is 0.00000583. The predicted octanol–water partition coefficient (Wildman–Crippen LogP) is 7.26. The Morgan fingerprint density at radius 3 is 2.18 bits per heavy atom. The fraction of sp³-hybridized carbons (Fsp3) is 0.436. The summed E-state index contributed by atoms with van der Waals surface area (Å²) < 4.78 is 11.3. The van der Waals surface area contributed by atoms with Gasteiger partial charge in [0.05, 0.1) is 42.8 Å². The van der Waals surface area contributed by atoms with Crippen molar-refractivity contribution >= 4 is 41.0 Å². The second-order valence-electron chi connectivity index (χ2n) is 13.2. The zero-order valence-electron chi connectivity index (χ0n) is 29.2. The highest BCUT2D eigenvalue weighted by Gasteiger charge is 2.45. The van der Waals surface area contributed by atoms with E-state index in [1.54, 1.807) is 12.0 Å². The van der Waals surface area contributed by atoms with Crippen molar-refractivity contribution in [1.82, 2.24) is 20.0 Å². The van der Waals surface area contributed by atoms with E-state index in [-0.39, 0.29) is 32.0 Å². The highest BCUT2D eigenvalue weighted by atomic mass is 35.5. The van der Waals surface area contributed by atoms with Gasteiger partial charge in [-0.3, -0.25) is 19.6 Å². The van der Waals surface area contributed by atoms with Gasteiger partial charge < -0.3 is 19.7 Å². The van der Waals surface area contributed by atoms with Crippen molar-refractivity contribution in [3.05, 3.63) is 99.0 Å². The second kappa shape index (κ2) is 17.4. The van der Waals surface area contributed by atoms with Crippen LogP contribution in [-0.4, -0.2) is 91.6 Å². The molecule has 3 aromatic carbocycles. The number of amides is 3. The van der Waals surface area contributed by atoms with Gasteiger partial charge in [0, 0.05) is 49.4 Å². The monoisotopic (exact) mass is 734 g/mol. The molecule has 3 aromatic rings. The number of urea groups is 1. The topological polar surface area (TPSA) is 110 Å². The molecule has 0 aliphatic carbocycles. The summed E-state index contributed by atoms with van der Waals surface area (Å²) in [5.41, 5.74) is 2.44. The normalized spacial score (nSPS) is 18.4. The molecule has 3 amide bonds. The van der Waals surface area contributed by atoms with Gasteiger partial charge in [0.15, 0.2) is 0 Å². The van der Waals surface area contributed by atoms with Crippen LogP contribution in [0.3, 0.4) is 0 Å². The molecular formula is C39H48Cl2N6O4. The zero-order valence-corrected chi connectivity index (χ0v) is 30.7. The van der Waals surface area contributed by atoms with E-state index in [9.17, 15) is 14.9 Å². The lowest BCUT2D eigenvalue weighted by molar-refractivity contribution is -0.123. The minimum absolute atomic E-state index is 0. The molecule has 0 saturated carbocycles. The lowest BCUT2D eigenvalue weighted by Gasteiger charge is -2.39. The molecule has 1 saturated heterocycles. The fourth-order valence-electron chi connectivity index (χ4n) is 6.35. The third-order valence-electron chi connectivity index (χ3n) is 9.05. The molecule has 10 nitrogen and oxygen atoms in total. The number of carbonyl (C=O) groups is 2. The van der Waals surface area contributed by atoms with Crippen molar-refractivity contribution in [2.75, 3.05) is 53.0 Å². The van der Waals surface area contributed by atoms with Gasteiger partial charge in [-0.1, -0.05) is 61.0 Å². The molecule has 5 rings (SSSR count). The first-order valence-corrected chi connectivity index (χ1v) is 17.6. The molecule has 1 fully saturated rings. The number of aliphatic imine (C=N–C) groups is 1. The number of nitriles is 1. The number of benzene rings is 3. The van der Waals surface area contributed by atoms with E-state index in [0.29, 0.717) is 66.6 Å². The predicted molar refractivity (Wildman–Crippen MR) is 203 cm³/mol. The van der Waals surface area contributed by atoms with Crippen LogP contribution in [0.15, 0.2) is 71.7 Å². The largest absolute Gasteiger partial charge is 0.493 e. The number of nitrogens with zero attached hydrogens (tertiary/aromatic N) is 5. The van der Waals surface area contributed by atoms with Gasteiger partial charge in [-0.25, -0.2) is 4.79 Å². The molecule has 0 aromatic heterocycles. The van der Waals surface area contributed by atoms with Crippen molar-refractivity contribution in [1.29, 1.82) is 5.26 Å². The molecule has 0 spiro atoms. The standard InChI is InChI=1S/C38H44Cl2N6O4.CH4/c1-6-50-32-21-28(38(3,4)24-41)11-16-31(32)36-43-34(26-7-12-29(39)13-8-26)35(27-9-14-30(40)15-10-27)46(36)37(48)45-19-17-44(18-20-45)22-33(47)42-25(2)23-49-5;/h7-16,21,25,34-35H,6,17-20,22-23H2,1-5H3,(H,42,47);1H4/t25?,34-,35+;/m0./s1. The van der Waals surface area contributed by atoms with E-state index >= 15 is 0 Å². The second-order valence-corrected chi connectivity index (χ2v) is 14.0. The molecule has 2 aliphatic heterocycles. The number of ether oxygens (including phenoxy) is 2. The van der Waals surface area contributed by atoms with Crippen LogP contribution in [0.25, 0.3) is 0 Å². The van der Waals surface area contributed by atoms with E-state index in [1.165, 1.54) is 0 Å². The maximum Gasteiger partial charge on any atom is 0.326 e. The molecule has 51 heavy (non-hydrogen) atoms. The van der Waals surface area contributed by atoms with E-state index in [1.807, 2.05) is 104 Å². The number of hydrogen-bond acceptors (Lipinski definition) is 7. The van der Waals surface area contributed by atoms with Crippen LogP contribution in [0.1, 0.15) is 69.5 Å². The fourth-order valence-corrected chi connectivity index (χ4v) is 6.61. The molecule has 0 bridgehead atoms. The summed E-state index contributed by atoms with van der Waals surface area (Å²) in [5, 5.41) is 14.0. The summed E-state index contributed by atoms with van der Waals surface area (Å²) in [4.78, 5) is 38.5. The zero-order chi connectivity index (χ0) is 36.0. The van der Waals surface area contributed by atoms with Gasteiger partial charge in [-0.2, -0.15) is 5.26 Å². The first kappa shape index (κ1) is 39.6. The molecule has 1 unspecified atom stereocenters. The van der Waals surface area contributed by atoms with Crippen molar-refractivity contribution in [3.63, 3.8) is 0 Å². The quantitative estimate of drug-likeness (QED) is 0.222. The van der Waals surface area contributed by atoms with Gasteiger partial charge in [0.2, 0.25) is 5.91 Å². The van der Waals surface area contributed by atoms with E-state index in [2.05, 4.69) is 11.4 Å². The number of hydrogen-bond donors (Lipinski definition) is 1. The first-order valence-electron chi connectivity index (χ1n) is 16.8.